The molecule has 0 bridgehead atoms. The number of amides is 1. The summed E-state index contributed by atoms with van der Waals surface area (Å²) < 4.78 is 5.44. The molecule has 0 saturated heterocycles. The number of pyridine rings is 1. The quantitative estimate of drug-likeness (QED) is 0.820. The second-order valence-electron chi connectivity index (χ2n) is 6.75. The second-order valence-corrected chi connectivity index (χ2v) is 6.75. The molecule has 0 fully saturated rings. The van der Waals surface area contributed by atoms with Gasteiger partial charge in [0.2, 0.25) is 0 Å². The molecule has 1 aromatic heterocycles. The number of rotatable bonds is 6. The van der Waals surface area contributed by atoms with Crippen molar-refractivity contribution >= 4 is 6.09 Å². The molecule has 5 heteroatoms. The van der Waals surface area contributed by atoms with Gasteiger partial charge in [-0.1, -0.05) is 0 Å². The highest BCUT2D eigenvalue weighted by molar-refractivity contribution is 5.68. The van der Waals surface area contributed by atoms with Gasteiger partial charge in [-0.2, -0.15) is 0 Å². The van der Waals surface area contributed by atoms with E-state index < -0.39 is 5.60 Å². The maximum Gasteiger partial charge on any atom is 0.410 e. The normalized spacial score (nSPS) is 11.6. The highest BCUT2D eigenvalue weighted by Gasteiger charge is 2.23. The van der Waals surface area contributed by atoms with Gasteiger partial charge in [-0.3, -0.25) is 4.98 Å². The van der Waals surface area contributed by atoms with Crippen molar-refractivity contribution in [2.75, 3.05) is 13.1 Å². The third-order valence-electron chi connectivity index (χ3n) is 3.24. The van der Waals surface area contributed by atoms with Crippen LogP contribution in [-0.2, 0) is 11.3 Å². The molecule has 5 nitrogen and oxygen atoms in total. The minimum atomic E-state index is -0.468. The van der Waals surface area contributed by atoms with E-state index in [0.29, 0.717) is 13.1 Å². The molecule has 124 valence electrons. The summed E-state index contributed by atoms with van der Waals surface area (Å²) >= 11 is 0. The van der Waals surface area contributed by atoms with E-state index in [1.807, 2.05) is 46.9 Å². The largest absolute Gasteiger partial charge is 0.444 e. The van der Waals surface area contributed by atoms with Crippen LogP contribution in [0.4, 0.5) is 4.79 Å². The number of aryl methyl sites for hydroxylation is 1. The van der Waals surface area contributed by atoms with Crippen molar-refractivity contribution in [1.82, 2.24) is 15.2 Å². The lowest BCUT2D eigenvalue weighted by molar-refractivity contribution is 0.0193. The minimum absolute atomic E-state index is 0.108. The third-order valence-corrected chi connectivity index (χ3v) is 3.24. The summed E-state index contributed by atoms with van der Waals surface area (Å²) in [5, 5.41) is 3.36. The first-order valence-corrected chi connectivity index (χ1v) is 7.80. The SMILES string of the molecule is Cc1ccncc1CNCCN(C(=O)OC(C)(C)C)C(C)C. The highest BCUT2D eigenvalue weighted by atomic mass is 16.6. The van der Waals surface area contributed by atoms with Crippen LogP contribution in [-0.4, -0.2) is 40.7 Å². The molecule has 0 aliphatic rings. The molecule has 1 N–H and O–H groups in total. The molecular weight excluding hydrogens is 278 g/mol. The molecule has 1 heterocycles. The fourth-order valence-corrected chi connectivity index (χ4v) is 1.99. The molecule has 1 amide bonds. The van der Waals surface area contributed by atoms with Gasteiger partial charge >= 0.3 is 6.09 Å². The molecule has 0 saturated carbocycles. The Kier molecular flexibility index (Phi) is 6.81. The lowest BCUT2D eigenvalue weighted by Gasteiger charge is -2.30. The van der Waals surface area contributed by atoms with Gasteiger partial charge in [-0.05, 0) is 58.7 Å². The molecule has 1 rings (SSSR count). The van der Waals surface area contributed by atoms with Crippen LogP contribution >= 0.6 is 0 Å². The first kappa shape index (κ1) is 18.4. The van der Waals surface area contributed by atoms with Crippen molar-refractivity contribution in [1.29, 1.82) is 0 Å². The van der Waals surface area contributed by atoms with E-state index >= 15 is 0 Å². The minimum Gasteiger partial charge on any atom is -0.444 e. The number of ether oxygens (including phenoxy) is 1. The van der Waals surface area contributed by atoms with Gasteiger partial charge in [-0.15, -0.1) is 0 Å². The lowest BCUT2D eigenvalue weighted by atomic mass is 10.1. The van der Waals surface area contributed by atoms with Crippen molar-refractivity contribution in [3.8, 4) is 0 Å². The van der Waals surface area contributed by atoms with Crippen LogP contribution in [0, 0.1) is 6.92 Å². The van der Waals surface area contributed by atoms with E-state index in [4.69, 9.17) is 4.74 Å². The molecule has 0 atom stereocenters. The van der Waals surface area contributed by atoms with Gasteiger partial charge in [0.05, 0.1) is 0 Å². The Balaban J connectivity index is 2.45. The number of aromatic nitrogens is 1. The molecular formula is C17H29N3O2. The van der Waals surface area contributed by atoms with Crippen molar-refractivity contribution < 1.29 is 9.53 Å². The molecule has 0 aliphatic heterocycles. The Labute approximate surface area is 134 Å². The summed E-state index contributed by atoms with van der Waals surface area (Å²) in [4.78, 5) is 18.1. The first-order valence-electron chi connectivity index (χ1n) is 7.80. The van der Waals surface area contributed by atoms with Crippen LogP contribution in [0.2, 0.25) is 0 Å². The Morgan fingerprint density at radius 1 is 1.41 bits per heavy atom. The maximum atomic E-state index is 12.2. The molecule has 0 radical (unpaired) electrons. The topological polar surface area (TPSA) is 54.5 Å². The van der Waals surface area contributed by atoms with Gasteiger partial charge < -0.3 is 15.0 Å². The summed E-state index contributed by atoms with van der Waals surface area (Å²) in [5.41, 5.74) is 1.93. The number of hydrogen-bond donors (Lipinski definition) is 1. The van der Waals surface area contributed by atoms with E-state index in [9.17, 15) is 4.79 Å². The number of nitrogens with one attached hydrogen (secondary N) is 1. The van der Waals surface area contributed by atoms with Crippen molar-refractivity contribution in [3.63, 3.8) is 0 Å². The molecule has 0 unspecified atom stereocenters. The van der Waals surface area contributed by atoms with Gasteiger partial charge in [-0.25, -0.2) is 4.79 Å². The van der Waals surface area contributed by atoms with Crippen molar-refractivity contribution in [3.05, 3.63) is 29.6 Å². The predicted octanol–water partition coefficient (Wildman–Crippen LogP) is 3.13. The average Bonchev–Trinajstić information content (AvgIpc) is 2.37. The summed E-state index contributed by atoms with van der Waals surface area (Å²) in [6.07, 6.45) is 3.40. The van der Waals surface area contributed by atoms with Crippen LogP contribution in [0.1, 0.15) is 45.7 Å². The van der Waals surface area contributed by atoms with E-state index in [2.05, 4.69) is 17.2 Å². The molecule has 0 spiro atoms. The first-order chi connectivity index (χ1) is 10.2. The lowest BCUT2D eigenvalue weighted by Crippen LogP contribution is -2.44. The maximum absolute atomic E-state index is 12.2. The monoisotopic (exact) mass is 307 g/mol. The Hall–Kier alpha value is -1.62. The number of hydrogen-bond acceptors (Lipinski definition) is 4. The zero-order chi connectivity index (χ0) is 16.8. The fraction of sp³-hybridized carbons (Fsp3) is 0.647. The predicted molar refractivity (Wildman–Crippen MR) is 88.8 cm³/mol. The smallest absolute Gasteiger partial charge is 0.410 e. The van der Waals surface area contributed by atoms with E-state index in [-0.39, 0.29) is 12.1 Å². The van der Waals surface area contributed by atoms with Crippen LogP contribution in [0.3, 0.4) is 0 Å². The molecule has 0 aromatic carbocycles. The van der Waals surface area contributed by atoms with Gasteiger partial charge in [0.15, 0.2) is 0 Å². The van der Waals surface area contributed by atoms with E-state index in [1.165, 1.54) is 11.1 Å². The van der Waals surface area contributed by atoms with E-state index in [0.717, 1.165) is 6.54 Å². The van der Waals surface area contributed by atoms with Crippen LogP contribution in [0.25, 0.3) is 0 Å². The average molecular weight is 307 g/mol. The van der Waals surface area contributed by atoms with Gasteiger partial charge in [0, 0.05) is 38.1 Å². The van der Waals surface area contributed by atoms with Crippen LogP contribution < -0.4 is 5.32 Å². The fourth-order valence-electron chi connectivity index (χ4n) is 1.99. The summed E-state index contributed by atoms with van der Waals surface area (Å²) in [5.74, 6) is 0. The van der Waals surface area contributed by atoms with E-state index in [1.54, 1.807) is 11.1 Å². The second kappa shape index (κ2) is 8.13. The Morgan fingerprint density at radius 3 is 2.64 bits per heavy atom. The van der Waals surface area contributed by atoms with Crippen LogP contribution in [0.15, 0.2) is 18.5 Å². The molecule has 1 aromatic rings. The zero-order valence-corrected chi connectivity index (χ0v) is 14.6. The van der Waals surface area contributed by atoms with Crippen molar-refractivity contribution in [2.45, 2.75) is 59.7 Å². The number of carbonyl (C=O) groups is 1. The zero-order valence-electron chi connectivity index (χ0n) is 14.6. The van der Waals surface area contributed by atoms with Crippen molar-refractivity contribution in [2.24, 2.45) is 0 Å². The molecule has 0 aliphatic carbocycles. The van der Waals surface area contributed by atoms with Gasteiger partial charge in [0.1, 0.15) is 5.60 Å². The van der Waals surface area contributed by atoms with Crippen LogP contribution in [0.5, 0.6) is 0 Å². The number of nitrogens with zero attached hydrogens (tertiary/aromatic N) is 2. The van der Waals surface area contributed by atoms with Gasteiger partial charge in [0.25, 0.3) is 0 Å². The number of carbonyl (C=O) groups excluding carboxylic acids is 1. The molecule has 22 heavy (non-hydrogen) atoms. The Morgan fingerprint density at radius 2 is 2.09 bits per heavy atom. The Bertz CT molecular complexity index is 481. The highest BCUT2D eigenvalue weighted by Crippen LogP contribution is 2.11. The third kappa shape index (κ3) is 6.43. The standard InChI is InChI=1S/C17H29N3O2/c1-13(2)20(16(21)22-17(4,5)6)10-9-19-12-15-11-18-8-7-14(15)3/h7-8,11,13,19H,9-10,12H2,1-6H3. The summed E-state index contributed by atoms with van der Waals surface area (Å²) in [6.45, 7) is 13.8. The summed E-state index contributed by atoms with van der Waals surface area (Å²) in [6, 6.07) is 2.11. The summed E-state index contributed by atoms with van der Waals surface area (Å²) in [7, 11) is 0.